The average molecular weight is 295 g/mol. The number of rotatable bonds is 3. The van der Waals surface area contributed by atoms with Crippen molar-refractivity contribution in [2.24, 2.45) is 0 Å². The van der Waals surface area contributed by atoms with Crippen LogP contribution in [-0.2, 0) is 16.8 Å². The van der Waals surface area contributed by atoms with Gasteiger partial charge in [-0.1, -0.05) is 56.3 Å². The third-order valence-corrected chi connectivity index (χ3v) is 4.15. The first-order valence-corrected chi connectivity index (χ1v) is 7.60. The van der Waals surface area contributed by atoms with Crippen LogP contribution in [0.2, 0.25) is 0 Å². The van der Waals surface area contributed by atoms with Gasteiger partial charge in [0.1, 0.15) is 5.75 Å². The molecule has 0 saturated carbocycles. The lowest BCUT2D eigenvalue weighted by Crippen LogP contribution is -2.46. The van der Waals surface area contributed by atoms with Crippen molar-refractivity contribution in [3.8, 4) is 5.75 Å². The molecule has 22 heavy (non-hydrogen) atoms. The van der Waals surface area contributed by atoms with Crippen molar-refractivity contribution in [3.05, 3.63) is 65.7 Å². The lowest BCUT2D eigenvalue weighted by molar-refractivity contribution is -0.135. The summed E-state index contributed by atoms with van der Waals surface area (Å²) in [6.45, 7) is 5.84. The Kier molecular flexibility index (Phi) is 3.88. The second-order valence-corrected chi connectivity index (χ2v) is 6.39. The van der Waals surface area contributed by atoms with Gasteiger partial charge in [-0.05, 0) is 23.3 Å². The van der Waals surface area contributed by atoms with E-state index in [-0.39, 0.29) is 17.9 Å². The molecule has 0 saturated heterocycles. The summed E-state index contributed by atoms with van der Waals surface area (Å²) in [4.78, 5) is 14.4. The smallest absolute Gasteiger partial charge is 0.260 e. The molecule has 3 heteroatoms. The highest BCUT2D eigenvalue weighted by atomic mass is 16.5. The van der Waals surface area contributed by atoms with Gasteiger partial charge < -0.3 is 9.64 Å². The Balaban J connectivity index is 1.70. The number of carbonyl (C=O) groups is 1. The third-order valence-electron chi connectivity index (χ3n) is 4.15. The van der Waals surface area contributed by atoms with Gasteiger partial charge in [0.2, 0.25) is 0 Å². The zero-order chi connectivity index (χ0) is 15.6. The molecule has 3 rings (SSSR count). The van der Waals surface area contributed by atoms with Gasteiger partial charge in [0.25, 0.3) is 5.91 Å². The predicted octanol–water partition coefficient (Wildman–Crippen LogP) is 3.39. The number of ether oxygens (including phenoxy) is 1. The minimum absolute atomic E-state index is 0.0305. The standard InChI is InChI=1S/C19H21NO2/c1-19(2)14-20(12-15-8-6-7-11-17(15)19)18(21)13-22-16-9-4-3-5-10-16/h3-11H,12-14H2,1-2H3. The summed E-state index contributed by atoms with van der Waals surface area (Å²) in [6, 6.07) is 17.8. The van der Waals surface area contributed by atoms with Crippen LogP contribution in [0, 0.1) is 0 Å². The summed E-state index contributed by atoms with van der Waals surface area (Å²) in [5.41, 5.74) is 2.53. The SMILES string of the molecule is CC1(C)CN(C(=O)COc2ccccc2)Cc2ccccc21. The van der Waals surface area contributed by atoms with Crippen molar-refractivity contribution in [1.29, 1.82) is 0 Å². The molecule has 0 unspecified atom stereocenters. The topological polar surface area (TPSA) is 29.5 Å². The number of para-hydroxylation sites is 1. The summed E-state index contributed by atoms with van der Waals surface area (Å²) in [5.74, 6) is 0.763. The molecule has 2 aromatic carbocycles. The molecule has 1 amide bonds. The Morgan fingerprint density at radius 1 is 1.09 bits per heavy atom. The van der Waals surface area contributed by atoms with Crippen LogP contribution in [0.4, 0.5) is 0 Å². The van der Waals surface area contributed by atoms with Crippen molar-refractivity contribution in [2.45, 2.75) is 25.8 Å². The number of benzene rings is 2. The Morgan fingerprint density at radius 3 is 2.55 bits per heavy atom. The normalized spacial score (nSPS) is 16.0. The van der Waals surface area contributed by atoms with Gasteiger partial charge in [-0.3, -0.25) is 4.79 Å². The Morgan fingerprint density at radius 2 is 1.77 bits per heavy atom. The van der Waals surface area contributed by atoms with Gasteiger partial charge in [-0.25, -0.2) is 0 Å². The first kappa shape index (κ1) is 14.6. The van der Waals surface area contributed by atoms with Crippen molar-refractivity contribution in [1.82, 2.24) is 4.90 Å². The van der Waals surface area contributed by atoms with E-state index in [2.05, 4.69) is 32.0 Å². The molecule has 1 heterocycles. The van der Waals surface area contributed by atoms with Gasteiger partial charge >= 0.3 is 0 Å². The maximum absolute atomic E-state index is 12.5. The lowest BCUT2D eigenvalue weighted by atomic mass is 9.78. The highest BCUT2D eigenvalue weighted by Gasteiger charge is 2.33. The summed E-state index contributed by atoms with van der Waals surface area (Å²) in [7, 11) is 0. The van der Waals surface area contributed by atoms with E-state index in [0.29, 0.717) is 6.54 Å². The minimum atomic E-state index is -0.0305. The zero-order valence-corrected chi connectivity index (χ0v) is 13.1. The highest BCUT2D eigenvalue weighted by molar-refractivity contribution is 5.78. The molecule has 1 aliphatic rings. The van der Waals surface area contributed by atoms with Crippen LogP contribution in [0.1, 0.15) is 25.0 Å². The van der Waals surface area contributed by atoms with Crippen LogP contribution in [0.5, 0.6) is 5.75 Å². The molecular formula is C19H21NO2. The fourth-order valence-electron chi connectivity index (χ4n) is 3.07. The van der Waals surface area contributed by atoms with Crippen LogP contribution in [0.25, 0.3) is 0 Å². The predicted molar refractivity (Wildman–Crippen MR) is 86.8 cm³/mol. The second kappa shape index (κ2) is 5.84. The first-order valence-electron chi connectivity index (χ1n) is 7.60. The molecule has 114 valence electrons. The molecule has 0 radical (unpaired) electrons. The molecule has 0 bridgehead atoms. The van der Waals surface area contributed by atoms with E-state index in [1.165, 1.54) is 11.1 Å². The molecule has 3 nitrogen and oxygen atoms in total. The van der Waals surface area contributed by atoms with E-state index in [1.807, 2.05) is 41.3 Å². The molecule has 0 fully saturated rings. The third kappa shape index (κ3) is 2.98. The molecule has 0 spiro atoms. The van der Waals surface area contributed by atoms with Gasteiger partial charge in [-0.2, -0.15) is 0 Å². The summed E-state index contributed by atoms with van der Waals surface area (Å²) in [5, 5.41) is 0. The van der Waals surface area contributed by atoms with E-state index in [1.54, 1.807) is 0 Å². The fraction of sp³-hybridized carbons (Fsp3) is 0.316. The molecule has 0 aromatic heterocycles. The van der Waals surface area contributed by atoms with Gasteiger partial charge in [0.05, 0.1) is 0 Å². The number of nitrogens with zero attached hydrogens (tertiary/aromatic N) is 1. The Labute approximate surface area is 131 Å². The lowest BCUT2D eigenvalue weighted by Gasteiger charge is -2.39. The average Bonchev–Trinajstić information content (AvgIpc) is 2.53. The van der Waals surface area contributed by atoms with Crippen LogP contribution in [0.3, 0.4) is 0 Å². The Bertz CT molecular complexity index is 664. The van der Waals surface area contributed by atoms with Crippen LogP contribution in [-0.4, -0.2) is 24.0 Å². The summed E-state index contributed by atoms with van der Waals surface area (Å²) < 4.78 is 5.59. The van der Waals surface area contributed by atoms with Crippen LogP contribution in [0.15, 0.2) is 54.6 Å². The molecule has 0 aliphatic carbocycles. The van der Waals surface area contributed by atoms with Gasteiger partial charge in [0.15, 0.2) is 6.61 Å². The number of fused-ring (bicyclic) bond motifs is 1. The second-order valence-electron chi connectivity index (χ2n) is 6.39. The van der Waals surface area contributed by atoms with Crippen LogP contribution < -0.4 is 4.74 Å². The maximum Gasteiger partial charge on any atom is 0.260 e. The summed E-state index contributed by atoms with van der Waals surface area (Å²) >= 11 is 0. The number of amides is 1. The molecular weight excluding hydrogens is 274 g/mol. The van der Waals surface area contributed by atoms with E-state index < -0.39 is 0 Å². The quantitative estimate of drug-likeness (QED) is 0.868. The van der Waals surface area contributed by atoms with Gasteiger partial charge in [-0.15, -0.1) is 0 Å². The van der Waals surface area contributed by atoms with E-state index >= 15 is 0 Å². The molecule has 2 aromatic rings. The van der Waals surface area contributed by atoms with Gasteiger partial charge in [0, 0.05) is 18.5 Å². The Hall–Kier alpha value is -2.29. The minimum Gasteiger partial charge on any atom is -0.484 e. The van der Waals surface area contributed by atoms with Crippen molar-refractivity contribution >= 4 is 5.91 Å². The van der Waals surface area contributed by atoms with Crippen molar-refractivity contribution < 1.29 is 9.53 Å². The highest BCUT2D eigenvalue weighted by Crippen LogP contribution is 2.33. The van der Waals surface area contributed by atoms with E-state index in [0.717, 1.165) is 12.3 Å². The van der Waals surface area contributed by atoms with Crippen molar-refractivity contribution in [3.63, 3.8) is 0 Å². The molecule has 0 atom stereocenters. The fourth-order valence-corrected chi connectivity index (χ4v) is 3.07. The zero-order valence-electron chi connectivity index (χ0n) is 13.1. The number of hydrogen-bond donors (Lipinski definition) is 0. The van der Waals surface area contributed by atoms with E-state index in [4.69, 9.17) is 4.74 Å². The van der Waals surface area contributed by atoms with Crippen LogP contribution >= 0.6 is 0 Å². The molecule has 1 aliphatic heterocycles. The maximum atomic E-state index is 12.5. The first-order chi connectivity index (χ1) is 10.6. The largest absolute Gasteiger partial charge is 0.484 e. The number of hydrogen-bond acceptors (Lipinski definition) is 2. The molecule has 0 N–H and O–H groups in total. The number of carbonyl (C=O) groups excluding carboxylic acids is 1. The van der Waals surface area contributed by atoms with Crippen molar-refractivity contribution in [2.75, 3.05) is 13.2 Å². The monoisotopic (exact) mass is 295 g/mol. The summed E-state index contributed by atoms with van der Waals surface area (Å²) in [6.07, 6.45) is 0. The van der Waals surface area contributed by atoms with E-state index in [9.17, 15) is 4.79 Å².